The Labute approximate surface area is 93.7 Å². The van der Waals surface area contributed by atoms with Gasteiger partial charge in [-0.15, -0.1) is 0 Å². The van der Waals surface area contributed by atoms with E-state index in [9.17, 15) is 15.3 Å². The Balaban J connectivity index is 2.60. The third kappa shape index (κ3) is 3.00. The summed E-state index contributed by atoms with van der Waals surface area (Å²) in [6, 6.07) is 0. The topological polar surface area (TPSA) is 99.4 Å². The van der Waals surface area contributed by atoms with Crippen molar-refractivity contribution in [1.29, 1.82) is 0 Å². The minimum atomic E-state index is -1.40. The predicted octanol–water partition coefficient (Wildman–Crippen LogP) is -1.62. The molecule has 0 spiro atoms. The van der Waals surface area contributed by atoms with Gasteiger partial charge in [0.15, 0.2) is 6.29 Å². The van der Waals surface area contributed by atoms with Crippen LogP contribution in [0.25, 0.3) is 0 Å². The van der Waals surface area contributed by atoms with E-state index in [0.29, 0.717) is 0 Å². The lowest BCUT2D eigenvalue weighted by Crippen LogP contribution is -2.59. The molecule has 6 heteroatoms. The highest BCUT2D eigenvalue weighted by atomic mass is 16.7. The van der Waals surface area contributed by atoms with E-state index >= 15 is 0 Å². The van der Waals surface area contributed by atoms with Gasteiger partial charge in [0, 0.05) is 0 Å². The van der Waals surface area contributed by atoms with Crippen LogP contribution in [0.2, 0.25) is 0 Å². The van der Waals surface area contributed by atoms with Gasteiger partial charge in [-0.05, 0) is 6.92 Å². The lowest BCUT2D eigenvalue weighted by molar-refractivity contribution is -0.299. The van der Waals surface area contributed by atoms with E-state index in [4.69, 9.17) is 14.6 Å². The van der Waals surface area contributed by atoms with Crippen LogP contribution in [0, 0.1) is 0 Å². The van der Waals surface area contributed by atoms with Crippen LogP contribution in [-0.2, 0) is 9.47 Å². The molecule has 16 heavy (non-hydrogen) atoms. The van der Waals surface area contributed by atoms with Gasteiger partial charge in [-0.1, -0.05) is 12.2 Å². The molecule has 1 aliphatic rings. The second-order valence-corrected chi connectivity index (χ2v) is 3.97. The summed E-state index contributed by atoms with van der Waals surface area (Å²) in [7, 11) is 0. The summed E-state index contributed by atoms with van der Waals surface area (Å²) in [6.07, 6.45) is -6.12. The van der Waals surface area contributed by atoms with Crippen LogP contribution in [0.3, 0.4) is 0 Å². The second kappa shape index (κ2) is 5.72. The third-order valence-corrected chi connectivity index (χ3v) is 2.34. The smallest absolute Gasteiger partial charge is 0.187 e. The summed E-state index contributed by atoms with van der Waals surface area (Å²) in [5, 5.41) is 37.4. The van der Waals surface area contributed by atoms with Crippen molar-refractivity contribution in [2.45, 2.75) is 37.6 Å². The van der Waals surface area contributed by atoms with Crippen LogP contribution in [0.1, 0.15) is 6.92 Å². The number of aliphatic hydroxyl groups excluding tert-OH is 4. The summed E-state index contributed by atoms with van der Waals surface area (Å²) >= 11 is 0. The quantitative estimate of drug-likeness (QED) is 0.436. The number of ether oxygens (including phenoxy) is 2. The van der Waals surface area contributed by atoms with E-state index in [1.807, 2.05) is 0 Å². The monoisotopic (exact) mass is 234 g/mol. The standard InChI is InChI=1S/C10H18O6/c1-5(2)4-15-10-9(14)8(13)7(12)6(3-11)16-10/h6-14H,1,3-4H2,2H3/t6?,7-,8?,9?,10+/m0/s1. The molecule has 0 aromatic carbocycles. The van der Waals surface area contributed by atoms with Crippen molar-refractivity contribution in [3.63, 3.8) is 0 Å². The van der Waals surface area contributed by atoms with Gasteiger partial charge in [-0.25, -0.2) is 0 Å². The number of rotatable bonds is 4. The first-order valence-electron chi connectivity index (χ1n) is 5.04. The van der Waals surface area contributed by atoms with Gasteiger partial charge in [0.25, 0.3) is 0 Å². The van der Waals surface area contributed by atoms with Gasteiger partial charge in [0.05, 0.1) is 13.2 Å². The van der Waals surface area contributed by atoms with Crippen LogP contribution in [0.5, 0.6) is 0 Å². The van der Waals surface area contributed by atoms with Crippen molar-refractivity contribution in [2.24, 2.45) is 0 Å². The maximum atomic E-state index is 9.56. The van der Waals surface area contributed by atoms with Gasteiger partial charge >= 0.3 is 0 Å². The number of hydrogen-bond acceptors (Lipinski definition) is 6. The average Bonchev–Trinajstić information content (AvgIpc) is 2.25. The van der Waals surface area contributed by atoms with E-state index in [1.54, 1.807) is 6.92 Å². The van der Waals surface area contributed by atoms with Crippen LogP contribution in [-0.4, -0.2) is 64.3 Å². The van der Waals surface area contributed by atoms with Crippen molar-refractivity contribution in [3.8, 4) is 0 Å². The number of aliphatic hydroxyl groups is 4. The lowest BCUT2D eigenvalue weighted by atomic mass is 9.99. The van der Waals surface area contributed by atoms with Gasteiger partial charge in [-0.3, -0.25) is 0 Å². The molecule has 1 saturated heterocycles. The SMILES string of the molecule is C=C(C)CO[C@@H]1OC(CO)[C@H](O)C(O)C1O. The first kappa shape index (κ1) is 13.6. The lowest BCUT2D eigenvalue weighted by Gasteiger charge is -2.39. The highest BCUT2D eigenvalue weighted by Crippen LogP contribution is 2.22. The molecule has 5 atom stereocenters. The molecule has 1 rings (SSSR count). The molecule has 6 nitrogen and oxygen atoms in total. The molecule has 0 amide bonds. The largest absolute Gasteiger partial charge is 0.394 e. The minimum absolute atomic E-state index is 0.169. The van der Waals surface area contributed by atoms with Gasteiger partial charge < -0.3 is 29.9 Å². The third-order valence-electron chi connectivity index (χ3n) is 2.34. The van der Waals surface area contributed by atoms with Crippen LogP contribution in [0.15, 0.2) is 12.2 Å². The first-order chi connectivity index (χ1) is 7.47. The van der Waals surface area contributed by atoms with Gasteiger partial charge in [0.2, 0.25) is 0 Å². The average molecular weight is 234 g/mol. The van der Waals surface area contributed by atoms with Crippen LogP contribution >= 0.6 is 0 Å². The van der Waals surface area contributed by atoms with E-state index < -0.39 is 37.3 Å². The Hall–Kier alpha value is -0.500. The molecular formula is C10H18O6. The van der Waals surface area contributed by atoms with Crippen molar-refractivity contribution in [1.82, 2.24) is 0 Å². The Morgan fingerprint density at radius 3 is 2.38 bits per heavy atom. The molecule has 0 aromatic heterocycles. The Morgan fingerprint density at radius 2 is 1.88 bits per heavy atom. The fourth-order valence-electron chi connectivity index (χ4n) is 1.43. The van der Waals surface area contributed by atoms with E-state index in [2.05, 4.69) is 6.58 Å². The molecule has 0 radical (unpaired) electrons. The van der Waals surface area contributed by atoms with E-state index in [0.717, 1.165) is 5.57 Å². The molecule has 0 aliphatic carbocycles. The summed E-state index contributed by atoms with van der Waals surface area (Å²) in [6.45, 7) is 5.06. The Morgan fingerprint density at radius 1 is 1.25 bits per heavy atom. The van der Waals surface area contributed by atoms with Gasteiger partial charge in [-0.2, -0.15) is 0 Å². The fourth-order valence-corrected chi connectivity index (χ4v) is 1.43. The highest BCUT2D eigenvalue weighted by Gasteiger charge is 2.43. The second-order valence-electron chi connectivity index (χ2n) is 3.97. The molecule has 0 saturated carbocycles. The highest BCUT2D eigenvalue weighted by molar-refractivity contribution is 4.91. The van der Waals surface area contributed by atoms with Crippen molar-refractivity contribution >= 4 is 0 Å². The maximum Gasteiger partial charge on any atom is 0.187 e. The molecule has 1 aliphatic heterocycles. The number of hydrogen-bond donors (Lipinski definition) is 4. The summed E-state index contributed by atoms with van der Waals surface area (Å²) in [5.74, 6) is 0. The molecular weight excluding hydrogens is 216 g/mol. The predicted molar refractivity (Wildman–Crippen MR) is 54.5 cm³/mol. The molecule has 0 aromatic rings. The zero-order valence-corrected chi connectivity index (χ0v) is 9.11. The Kier molecular flexibility index (Phi) is 4.85. The van der Waals surface area contributed by atoms with Crippen molar-refractivity contribution in [2.75, 3.05) is 13.2 Å². The van der Waals surface area contributed by atoms with E-state index in [1.165, 1.54) is 0 Å². The first-order valence-corrected chi connectivity index (χ1v) is 5.04. The molecule has 3 unspecified atom stereocenters. The van der Waals surface area contributed by atoms with Crippen molar-refractivity contribution < 1.29 is 29.9 Å². The maximum absolute atomic E-state index is 9.56. The van der Waals surface area contributed by atoms with Gasteiger partial charge in [0.1, 0.15) is 24.4 Å². The zero-order valence-electron chi connectivity index (χ0n) is 9.11. The van der Waals surface area contributed by atoms with Crippen LogP contribution < -0.4 is 0 Å². The fraction of sp³-hybridized carbons (Fsp3) is 0.800. The molecule has 1 fully saturated rings. The minimum Gasteiger partial charge on any atom is -0.394 e. The molecule has 1 heterocycles. The molecule has 0 bridgehead atoms. The normalized spacial score (nSPS) is 39.7. The summed E-state index contributed by atoms with van der Waals surface area (Å²) < 4.78 is 10.3. The zero-order chi connectivity index (χ0) is 12.3. The van der Waals surface area contributed by atoms with Crippen LogP contribution in [0.4, 0.5) is 0 Å². The molecule has 94 valence electrons. The van der Waals surface area contributed by atoms with E-state index in [-0.39, 0.29) is 6.61 Å². The van der Waals surface area contributed by atoms with Crippen molar-refractivity contribution in [3.05, 3.63) is 12.2 Å². The Bertz CT molecular complexity index is 241. The summed E-state index contributed by atoms with van der Waals surface area (Å²) in [5.41, 5.74) is 0.733. The molecule has 4 N–H and O–H groups in total. The summed E-state index contributed by atoms with van der Waals surface area (Å²) in [4.78, 5) is 0.